The molecule has 0 bridgehead atoms. The molecule has 6 rings (SSSR count). The van der Waals surface area contributed by atoms with E-state index in [1.54, 1.807) is 29.3 Å². The first-order valence-corrected chi connectivity index (χ1v) is 13.4. The molecule has 0 saturated carbocycles. The largest absolute Gasteiger partial charge is 0.274 e. The van der Waals surface area contributed by atoms with Gasteiger partial charge in [-0.05, 0) is 54.1 Å². The van der Waals surface area contributed by atoms with Crippen molar-refractivity contribution in [2.24, 2.45) is 5.10 Å². The van der Waals surface area contributed by atoms with Gasteiger partial charge in [0.1, 0.15) is 0 Å². The van der Waals surface area contributed by atoms with Gasteiger partial charge < -0.3 is 0 Å². The van der Waals surface area contributed by atoms with Crippen molar-refractivity contribution in [3.63, 3.8) is 0 Å². The van der Waals surface area contributed by atoms with Crippen LogP contribution in [0.4, 0.5) is 0 Å². The van der Waals surface area contributed by atoms with Crippen LogP contribution < -0.4 is 0 Å². The molecule has 1 unspecified atom stereocenters. The monoisotopic (exact) mass is 580 g/mol. The quantitative estimate of drug-likeness (QED) is 0.211. The highest BCUT2D eigenvalue weighted by Gasteiger charge is 2.36. The van der Waals surface area contributed by atoms with Crippen molar-refractivity contribution in [3.05, 3.63) is 142 Å². The predicted molar refractivity (Wildman–Crippen MR) is 155 cm³/mol. The fraction of sp³-hybridized carbons (Fsp3) is 0.0645. The zero-order valence-electron chi connectivity index (χ0n) is 20.2. The first-order valence-electron chi connectivity index (χ1n) is 12.2. The highest BCUT2D eigenvalue weighted by Crippen LogP contribution is 2.39. The minimum Gasteiger partial charge on any atom is -0.267 e. The highest BCUT2D eigenvalue weighted by molar-refractivity contribution is 9.10. The molecule has 0 aliphatic carbocycles. The van der Waals surface area contributed by atoms with E-state index in [2.05, 4.69) is 15.9 Å². The third-order valence-electron chi connectivity index (χ3n) is 6.56. The first kappa shape index (κ1) is 24.3. The normalized spacial score (nSPS) is 14.9. The van der Waals surface area contributed by atoms with Crippen molar-refractivity contribution in [3.8, 4) is 16.9 Å². The summed E-state index contributed by atoms with van der Waals surface area (Å²) in [6, 6.07) is 34.6. The lowest BCUT2D eigenvalue weighted by Crippen LogP contribution is -2.27. The molecule has 0 spiro atoms. The van der Waals surface area contributed by atoms with Crippen LogP contribution in [0.25, 0.3) is 16.9 Å². The van der Waals surface area contributed by atoms with Gasteiger partial charge in [0.2, 0.25) is 0 Å². The minimum absolute atomic E-state index is 0.190. The zero-order chi connectivity index (χ0) is 26.1. The van der Waals surface area contributed by atoms with E-state index in [0.29, 0.717) is 17.0 Å². The number of hydrogen-bond acceptors (Lipinski definition) is 3. The number of nitrogens with zero attached hydrogens (tertiary/aromatic N) is 4. The Hall–Kier alpha value is -4.00. The Morgan fingerprint density at radius 2 is 1.47 bits per heavy atom. The number of hydrogen-bond donors (Lipinski definition) is 0. The lowest BCUT2D eigenvalue weighted by Gasteiger charge is -2.22. The fourth-order valence-electron chi connectivity index (χ4n) is 4.65. The van der Waals surface area contributed by atoms with Crippen LogP contribution in [0.1, 0.15) is 33.9 Å². The summed E-state index contributed by atoms with van der Waals surface area (Å²) in [5, 5.41) is 12.0. The van der Waals surface area contributed by atoms with Gasteiger partial charge in [0.25, 0.3) is 5.91 Å². The van der Waals surface area contributed by atoms with E-state index < -0.39 is 0 Å². The molecule has 0 saturated heterocycles. The van der Waals surface area contributed by atoms with Gasteiger partial charge in [-0.1, -0.05) is 88.2 Å². The Balaban J connectivity index is 1.48. The Labute approximate surface area is 234 Å². The van der Waals surface area contributed by atoms with Crippen molar-refractivity contribution in [1.82, 2.24) is 14.8 Å². The Bertz CT molecular complexity index is 1610. The summed E-state index contributed by atoms with van der Waals surface area (Å²) < 4.78 is 2.86. The van der Waals surface area contributed by atoms with Crippen LogP contribution in [-0.4, -0.2) is 26.4 Å². The van der Waals surface area contributed by atoms with E-state index in [1.807, 2.05) is 95.8 Å². The van der Waals surface area contributed by atoms with E-state index in [0.717, 1.165) is 38.3 Å². The summed E-state index contributed by atoms with van der Waals surface area (Å²) in [6.07, 6.45) is 2.58. The molecule has 0 N–H and O–H groups in total. The van der Waals surface area contributed by atoms with Gasteiger partial charge in [-0.3, -0.25) is 4.79 Å². The van der Waals surface area contributed by atoms with Gasteiger partial charge >= 0.3 is 0 Å². The lowest BCUT2D eigenvalue weighted by molar-refractivity contribution is 0.0711. The van der Waals surface area contributed by atoms with Crippen molar-refractivity contribution >= 4 is 39.1 Å². The lowest BCUT2D eigenvalue weighted by atomic mass is 9.96. The summed E-state index contributed by atoms with van der Waals surface area (Å²) in [6.45, 7) is 0. The second-order valence-corrected chi connectivity index (χ2v) is 10.4. The molecular formula is C31H22BrClN4O. The van der Waals surface area contributed by atoms with Gasteiger partial charge in [-0.25, -0.2) is 9.69 Å². The second-order valence-electron chi connectivity index (χ2n) is 9.01. The van der Waals surface area contributed by atoms with Crippen molar-refractivity contribution in [1.29, 1.82) is 0 Å². The number of amides is 1. The maximum Gasteiger partial charge on any atom is 0.274 e. The summed E-state index contributed by atoms with van der Waals surface area (Å²) in [5.41, 5.74) is 6.01. The molecule has 4 aromatic carbocycles. The number of halogens is 2. The second kappa shape index (κ2) is 10.4. The molecule has 1 aromatic heterocycles. The molecule has 5 nitrogen and oxygen atoms in total. The summed E-state index contributed by atoms with van der Waals surface area (Å²) in [7, 11) is 0. The van der Waals surface area contributed by atoms with Crippen molar-refractivity contribution in [2.75, 3.05) is 0 Å². The van der Waals surface area contributed by atoms with E-state index in [9.17, 15) is 4.79 Å². The van der Waals surface area contributed by atoms with Gasteiger partial charge in [0.05, 0.1) is 23.1 Å². The number of aromatic nitrogens is 2. The molecule has 1 atom stereocenters. The number of para-hydroxylation sites is 1. The molecule has 1 amide bonds. The third kappa shape index (κ3) is 4.80. The maximum atomic E-state index is 13.8. The Morgan fingerprint density at radius 1 is 0.816 bits per heavy atom. The molecule has 5 aromatic rings. The van der Waals surface area contributed by atoms with Crippen LogP contribution in [0.3, 0.4) is 0 Å². The molecule has 1 aliphatic heterocycles. The number of rotatable bonds is 5. The van der Waals surface area contributed by atoms with Crippen LogP contribution >= 0.6 is 27.5 Å². The fourth-order valence-corrected chi connectivity index (χ4v) is 5.04. The summed E-state index contributed by atoms with van der Waals surface area (Å²) in [5.74, 6) is -0.190. The molecule has 186 valence electrons. The molecular weight excluding hydrogens is 560 g/mol. The summed E-state index contributed by atoms with van der Waals surface area (Å²) in [4.78, 5) is 13.8. The van der Waals surface area contributed by atoms with E-state index in [1.165, 1.54) is 0 Å². The van der Waals surface area contributed by atoms with Gasteiger partial charge in [-0.15, -0.1) is 0 Å². The molecule has 0 fully saturated rings. The molecule has 0 radical (unpaired) electrons. The van der Waals surface area contributed by atoms with Gasteiger partial charge in [-0.2, -0.15) is 10.2 Å². The molecule has 7 heteroatoms. The van der Waals surface area contributed by atoms with Crippen LogP contribution in [0.15, 0.2) is 125 Å². The first-order chi connectivity index (χ1) is 18.6. The summed E-state index contributed by atoms with van der Waals surface area (Å²) >= 11 is 9.61. The average molecular weight is 582 g/mol. The number of hydrazone groups is 1. The number of carbonyl (C=O) groups is 1. The molecule has 38 heavy (non-hydrogen) atoms. The van der Waals surface area contributed by atoms with Crippen LogP contribution in [0.5, 0.6) is 0 Å². The van der Waals surface area contributed by atoms with E-state index in [-0.39, 0.29) is 11.9 Å². The van der Waals surface area contributed by atoms with E-state index in [4.69, 9.17) is 21.8 Å². The zero-order valence-corrected chi connectivity index (χ0v) is 22.5. The van der Waals surface area contributed by atoms with Crippen LogP contribution in [-0.2, 0) is 0 Å². The van der Waals surface area contributed by atoms with Gasteiger partial charge in [0, 0.05) is 38.8 Å². The Kier molecular flexibility index (Phi) is 6.66. The van der Waals surface area contributed by atoms with Gasteiger partial charge in [0.15, 0.2) is 0 Å². The average Bonchev–Trinajstić information content (AvgIpc) is 3.60. The molecule has 2 heterocycles. The van der Waals surface area contributed by atoms with E-state index >= 15 is 0 Å². The van der Waals surface area contributed by atoms with Crippen LogP contribution in [0.2, 0.25) is 5.02 Å². The molecule has 1 aliphatic rings. The smallest absolute Gasteiger partial charge is 0.267 e. The minimum atomic E-state index is -0.343. The predicted octanol–water partition coefficient (Wildman–Crippen LogP) is 7.95. The van der Waals surface area contributed by atoms with Crippen LogP contribution in [0, 0.1) is 0 Å². The SMILES string of the molecule is O=C(c1ccc(Cl)cc1)N1N=C(c2ccc(Br)cc2)CC1c1cn(-c2ccccc2)nc1-c1ccccc1. The standard InChI is InChI=1S/C31H22BrClN4O/c32-24-15-11-21(12-16-24)28-19-29(37(34-28)31(38)23-13-17-25(33)18-14-23)27-20-36(26-9-5-2-6-10-26)35-30(27)22-7-3-1-4-8-22/h1-18,20,29H,19H2. The Morgan fingerprint density at radius 3 is 2.16 bits per heavy atom. The number of benzene rings is 4. The highest BCUT2D eigenvalue weighted by atomic mass is 79.9. The third-order valence-corrected chi connectivity index (χ3v) is 7.34. The number of carbonyl (C=O) groups excluding carboxylic acids is 1. The van der Waals surface area contributed by atoms with Crippen molar-refractivity contribution < 1.29 is 4.79 Å². The maximum absolute atomic E-state index is 13.8. The topological polar surface area (TPSA) is 50.5 Å². The van der Waals surface area contributed by atoms with Crippen molar-refractivity contribution in [2.45, 2.75) is 12.5 Å².